The number of benzene rings is 1. The van der Waals surface area contributed by atoms with Crippen LogP contribution in [0, 0.1) is 0 Å². The highest BCUT2D eigenvalue weighted by atomic mass is 35.5. The summed E-state index contributed by atoms with van der Waals surface area (Å²) < 4.78 is 27.3. The maximum atomic E-state index is 11.9. The molecule has 0 N–H and O–H groups in total. The quantitative estimate of drug-likeness (QED) is 0.602. The van der Waals surface area contributed by atoms with Gasteiger partial charge < -0.3 is 14.0 Å². The van der Waals surface area contributed by atoms with Gasteiger partial charge in [0.05, 0.1) is 19.4 Å². The highest BCUT2D eigenvalue weighted by Crippen LogP contribution is 2.36. The van der Waals surface area contributed by atoms with Crippen molar-refractivity contribution in [3.63, 3.8) is 0 Å². The minimum absolute atomic E-state index is 0.346. The topological polar surface area (TPSA) is 53.9 Å². The first-order chi connectivity index (χ1) is 10.3. The van der Waals surface area contributed by atoms with E-state index < -0.39 is 17.1 Å². The molecule has 0 spiro atoms. The second-order valence-electron chi connectivity index (χ2n) is 6.15. The largest absolute Gasteiger partial charge is 0.591 e. The van der Waals surface area contributed by atoms with Crippen molar-refractivity contribution in [3.8, 4) is 0 Å². The van der Waals surface area contributed by atoms with Crippen molar-refractivity contribution < 1.29 is 14.0 Å². The normalized spacial score (nSPS) is 19.7. The van der Waals surface area contributed by atoms with Gasteiger partial charge in [-0.05, 0) is 39.3 Å². The van der Waals surface area contributed by atoms with E-state index in [0.29, 0.717) is 31.1 Å². The molecule has 1 heterocycles. The minimum Gasteiger partial charge on any atom is -0.591 e. The Kier molecular flexibility index (Phi) is 5.91. The highest BCUT2D eigenvalue weighted by molar-refractivity contribution is 7.91. The molecule has 1 aromatic rings. The molecule has 1 atom stereocenters. The van der Waals surface area contributed by atoms with Crippen LogP contribution in [0.3, 0.4) is 0 Å². The zero-order chi connectivity index (χ0) is 16.2. The molecule has 4 nitrogen and oxygen atoms in total. The molecule has 0 unspecified atom stereocenters. The van der Waals surface area contributed by atoms with Crippen LogP contribution in [0.5, 0.6) is 0 Å². The number of hydrogen-bond donors (Lipinski definition) is 0. The highest BCUT2D eigenvalue weighted by Gasteiger charge is 2.38. The van der Waals surface area contributed by atoms with Crippen molar-refractivity contribution in [2.45, 2.75) is 44.1 Å². The Labute approximate surface area is 140 Å². The van der Waals surface area contributed by atoms with Gasteiger partial charge in [0.2, 0.25) is 0 Å². The maximum absolute atomic E-state index is 11.9. The average molecular weight is 344 g/mol. The van der Waals surface area contributed by atoms with Crippen LogP contribution in [0.25, 0.3) is 0 Å². The lowest BCUT2D eigenvalue weighted by atomic mass is 10.0. The van der Waals surface area contributed by atoms with Crippen molar-refractivity contribution in [3.05, 3.63) is 34.9 Å². The van der Waals surface area contributed by atoms with E-state index in [1.165, 1.54) is 0 Å². The fourth-order valence-electron chi connectivity index (χ4n) is 2.17. The summed E-state index contributed by atoms with van der Waals surface area (Å²) in [5.41, 5.74) is 0.905. The van der Waals surface area contributed by atoms with Crippen LogP contribution in [0.4, 0.5) is 0 Å². The van der Waals surface area contributed by atoms with E-state index in [2.05, 4.69) is 4.40 Å². The van der Waals surface area contributed by atoms with Gasteiger partial charge in [0.1, 0.15) is 16.1 Å². The summed E-state index contributed by atoms with van der Waals surface area (Å²) in [4.78, 5) is 0. The average Bonchev–Trinajstić information content (AvgIpc) is 2.92. The number of nitrogens with zero attached hydrogens (tertiary/aromatic N) is 1. The third-order valence-corrected chi connectivity index (χ3v) is 4.94. The van der Waals surface area contributed by atoms with Crippen LogP contribution in [0.15, 0.2) is 28.7 Å². The first kappa shape index (κ1) is 17.8. The van der Waals surface area contributed by atoms with Crippen molar-refractivity contribution in [2.75, 3.05) is 13.2 Å². The SMILES string of the molecule is CC(C)(C)[S@@+]([O-])/N=C/CCC1(c2cccc(Cl)c2)OCCO1. The zero-order valence-corrected chi connectivity index (χ0v) is 14.7. The summed E-state index contributed by atoms with van der Waals surface area (Å²) in [5, 5.41) is 0.651. The van der Waals surface area contributed by atoms with Gasteiger partial charge in [-0.3, -0.25) is 0 Å². The fourth-order valence-corrected chi connectivity index (χ4v) is 2.92. The molecule has 122 valence electrons. The minimum atomic E-state index is -1.24. The van der Waals surface area contributed by atoms with Gasteiger partial charge in [0.15, 0.2) is 5.79 Å². The summed E-state index contributed by atoms with van der Waals surface area (Å²) in [6.45, 7) is 6.81. The molecule has 0 aromatic heterocycles. The molecular weight excluding hydrogens is 322 g/mol. The lowest BCUT2D eigenvalue weighted by Gasteiger charge is -2.27. The molecule has 2 rings (SSSR count). The first-order valence-corrected chi connectivity index (χ1v) is 8.80. The van der Waals surface area contributed by atoms with Crippen LogP contribution in [-0.2, 0) is 26.6 Å². The van der Waals surface area contributed by atoms with Crippen LogP contribution >= 0.6 is 11.6 Å². The molecule has 0 aliphatic carbocycles. The van der Waals surface area contributed by atoms with Gasteiger partial charge in [-0.25, -0.2) is 0 Å². The summed E-state index contributed by atoms with van der Waals surface area (Å²) >= 11 is 4.83. The van der Waals surface area contributed by atoms with Crippen LogP contribution in [0.1, 0.15) is 39.2 Å². The lowest BCUT2D eigenvalue weighted by Crippen LogP contribution is -2.28. The number of ether oxygens (including phenoxy) is 2. The maximum Gasteiger partial charge on any atom is 0.195 e. The molecule has 0 amide bonds. The van der Waals surface area contributed by atoms with E-state index in [1.807, 2.05) is 45.0 Å². The molecule has 0 bridgehead atoms. The summed E-state index contributed by atoms with van der Waals surface area (Å²) in [7, 11) is 0. The molecule has 1 aromatic carbocycles. The van der Waals surface area contributed by atoms with E-state index in [0.717, 1.165) is 5.56 Å². The number of halogens is 1. The van der Waals surface area contributed by atoms with Crippen molar-refractivity contribution in [1.82, 2.24) is 0 Å². The second-order valence-corrected chi connectivity index (χ2v) is 8.52. The Bertz CT molecular complexity index is 524. The zero-order valence-electron chi connectivity index (χ0n) is 13.2. The smallest absolute Gasteiger partial charge is 0.195 e. The summed E-state index contributed by atoms with van der Waals surface area (Å²) in [6, 6.07) is 7.51. The van der Waals surface area contributed by atoms with E-state index >= 15 is 0 Å². The molecule has 0 radical (unpaired) electrons. The van der Waals surface area contributed by atoms with Crippen LogP contribution < -0.4 is 0 Å². The Hall–Kier alpha value is -0.590. The van der Waals surface area contributed by atoms with Gasteiger partial charge in [-0.2, -0.15) is 0 Å². The van der Waals surface area contributed by atoms with Gasteiger partial charge in [-0.15, -0.1) is 0 Å². The third kappa shape index (κ3) is 4.46. The van der Waals surface area contributed by atoms with Crippen molar-refractivity contribution in [2.24, 2.45) is 4.40 Å². The first-order valence-electron chi connectivity index (χ1n) is 7.32. The summed E-state index contributed by atoms with van der Waals surface area (Å²) in [6.07, 6.45) is 2.92. The molecule has 0 saturated carbocycles. The van der Waals surface area contributed by atoms with Crippen LogP contribution in [0.2, 0.25) is 5.02 Å². The van der Waals surface area contributed by atoms with Crippen molar-refractivity contribution in [1.29, 1.82) is 0 Å². The predicted molar refractivity (Wildman–Crippen MR) is 90.7 cm³/mol. The fraction of sp³-hybridized carbons (Fsp3) is 0.562. The lowest BCUT2D eigenvalue weighted by molar-refractivity contribution is -0.169. The van der Waals surface area contributed by atoms with Gasteiger partial charge in [0, 0.05) is 17.0 Å². The predicted octanol–water partition coefficient (Wildman–Crippen LogP) is 3.85. The second kappa shape index (κ2) is 7.32. The Morgan fingerprint density at radius 2 is 2.05 bits per heavy atom. The van der Waals surface area contributed by atoms with Gasteiger partial charge >= 0.3 is 0 Å². The standard InChI is InChI=1S/C16H22ClNO3S/c1-15(2,3)22(19)18-9-5-8-16(20-10-11-21-16)13-6-4-7-14(17)12-13/h4,6-7,9,12H,5,8,10-11H2,1-3H3/b18-9+/t22-/m1/s1. The summed E-state index contributed by atoms with van der Waals surface area (Å²) in [5.74, 6) is -0.778. The molecule has 1 aliphatic rings. The molecule has 22 heavy (non-hydrogen) atoms. The molecular formula is C16H22ClNO3S. The number of rotatable bonds is 5. The van der Waals surface area contributed by atoms with Gasteiger partial charge in [0.25, 0.3) is 0 Å². The molecule has 6 heteroatoms. The molecule has 1 fully saturated rings. The van der Waals surface area contributed by atoms with E-state index in [4.69, 9.17) is 21.1 Å². The Balaban J connectivity index is 2.03. The van der Waals surface area contributed by atoms with E-state index in [-0.39, 0.29) is 4.75 Å². The van der Waals surface area contributed by atoms with E-state index in [1.54, 1.807) is 6.21 Å². The Morgan fingerprint density at radius 1 is 1.36 bits per heavy atom. The van der Waals surface area contributed by atoms with E-state index in [9.17, 15) is 4.55 Å². The van der Waals surface area contributed by atoms with Crippen LogP contribution in [-0.4, -0.2) is 28.7 Å². The molecule has 1 saturated heterocycles. The van der Waals surface area contributed by atoms with Crippen molar-refractivity contribution >= 4 is 29.2 Å². The molecule has 1 aliphatic heterocycles. The van der Waals surface area contributed by atoms with Gasteiger partial charge in [-0.1, -0.05) is 28.1 Å². The number of hydrogen-bond acceptors (Lipinski definition) is 4. The Morgan fingerprint density at radius 3 is 2.64 bits per heavy atom. The third-order valence-electron chi connectivity index (χ3n) is 3.31. The monoisotopic (exact) mass is 343 g/mol.